The summed E-state index contributed by atoms with van der Waals surface area (Å²) < 4.78 is 0. The maximum atomic E-state index is 12.8. The molecule has 2 aromatic carbocycles. The minimum atomic E-state index is -0.588. The number of aromatic amines is 1. The van der Waals surface area contributed by atoms with Crippen molar-refractivity contribution in [3.8, 4) is 0 Å². The normalized spacial score (nSPS) is 13.1. The Kier molecular flexibility index (Phi) is 5.91. The van der Waals surface area contributed by atoms with Crippen molar-refractivity contribution >= 4 is 22.7 Å². The van der Waals surface area contributed by atoms with Gasteiger partial charge in [0.15, 0.2) is 0 Å². The smallest absolute Gasteiger partial charge is 0.243 e. The number of carbonyl (C=O) groups excluding carboxylic acids is 2. The van der Waals surface area contributed by atoms with Gasteiger partial charge in [-0.1, -0.05) is 48.5 Å². The summed E-state index contributed by atoms with van der Waals surface area (Å²) in [6.45, 7) is 3.41. The summed E-state index contributed by atoms with van der Waals surface area (Å²) in [4.78, 5) is 27.6. The predicted molar refractivity (Wildman–Crippen MR) is 107 cm³/mol. The lowest BCUT2D eigenvalue weighted by molar-refractivity contribution is -0.128. The first-order valence-corrected chi connectivity index (χ1v) is 9.19. The molecular formula is C22H25N3O2. The summed E-state index contributed by atoms with van der Waals surface area (Å²) in [6.07, 6.45) is 3.17. The molecule has 3 rings (SSSR count). The quantitative estimate of drug-likeness (QED) is 0.604. The van der Waals surface area contributed by atoms with Crippen LogP contribution in [-0.4, -0.2) is 28.9 Å². The van der Waals surface area contributed by atoms with Gasteiger partial charge in [-0.25, -0.2) is 0 Å². The number of aromatic nitrogens is 1. The molecule has 0 aliphatic carbocycles. The lowest BCUT2D eigenvalue weighted by atomic mass is 10.0. The number of H-pyrrole nitrogens is 1. The van der Waals surface area contributed by atoms with Crippen LogP contribution in [0.2, 0.25) is 0 Å². The largest absolute Gasteiger partial charge is 0.361 e. The van der Waals surface area contributed by atoms with Gasteiger partial charge in [-0.2, -0.15) is 0 Å². The van der Waals surface area contributed by atoms with Gasteiger partial charge in [-0.15, -0.1) is 0 Å². The number of carbonyl (C=O) groups is 2. The van der Waals surface area contributed by atoms with E-state index >= 15 is 0 Å². The van der Waals surface area contributed by atoms with Gasteiger partial charge in [0.25, 0.3) is 0 Å². The van der Waals surface area contributed by atoms with E-state index in [1.807, 2.05) is 61.7 Å². The van der Waals surface area contributed by atoms with Crippen molar-refractivity contribution in [3.05, 3.63) is 71.9 Å². The number of nitrogens with one attached hydrogen (secondary N) is 3. The first-order valence-electron chi connectivity index (χ1n) is 9.19. The number of amides is 2. The van der Waals surface area contributed by atoms with Crippen LogP contribution < -0.4 is 10.6 Å². The molecule has 2 amide bonds. The van der Waals surface area contributed by atoms with Crippen molar-refractivity contribution in [2.45, 2.75) is 38.8 Å². The minimum Gasteiger partial charge on any atom is -0.361 e. The molecule has 0 aliphatic rings. The molecule has 3 N–H and O–H groups in total. The molecule has 140 valence electrons. The van der Waals surface area contributed by atoms with Crippen molar-refractivity contribution in [1.29, 1.82) is 0 Å². The number of fused-ring (bicyclic) bond motifs is 1. The predicted octanol–water partition coefficient (Wildman–Crippen LogP) is 2.96. The number of para-hydroxylation sites is 1. The number of benzene rings is 2. The molecule has 2 atom stereocenters. The van der Waals surface area contributed by atoms with Gasteiger partial charge in [0.1, 0.15) is 6.04 Å². The van der Waals surface area contributed by atoms with Crippen LogP contribution in [0.3, 0.4) is 0 Å². The van der Waals surface area contributed by atoms with Gasteiger partial charge in [0, 0.05) is 36.5 Å². The Balaban J connectivity index is 1.65. The Morgan fingerprint density at radius 1 is 0.963 bits per heavy atom. The molecule has 1 aromatic heterocycles. The Labute approximate surface area is 159 Å². The monoisotopic (exact) mass is 363 g/mol. The van der Waals surface area contributed by atoms with Crippen LogP contribution in [0.25, 0.3) is 10.9 Å². The molecule has 0 bridgehead atoms. The van der Waals surface area contributed by atoms with E-state index in [1.54, 1.807) is 0 Å². The third-order valence-corrected chi connectivity index (χ3v) is 4.57. The Morgan fingerprint density at radius 2 is 1.67 bits per heavy atom. The SMILES string of the molecule is CC(=O)N[C@@H](Cc1ccccc1)C(=O)N[C@@H](C)Cc1c[nH]c2ccccc12. The zero-order valence-electron chi connectivity index (χ0n) is 15.7. The molecule has 5 nitrogen and oxygen atoms in total. The van der Waals surface area contributed by atoms with E-state index in [1.165, 1.54) is 12.3 Å². The standard InChI is InChI=1S/C22H25N3O2/c1-15(12-18-14-23-20-11-7-6-10-19(18)20)24-22(27)21(25-16(2)26)13-17-8-4-3-5-9-17/h3-11,14-15,21,23H,12-13H2,1-2H3,(H,24,27)(H,25,26)/t15-,21-/m0/s1. The number of hydrogen-bond donors (Lipinski definition) is 3. The lowest BCUT2D eigenvalue weighted by Crippen LogP contribution is -2.50. The van der Waals surface area contributed by atoms with Crippen molar-refractivity contribution in [1.82, 2.24) is 15.6 Å². The van der Waals surface area contributed by atoms with Gasteiger partial charge in [0.2, 0.25) is 11.8 Å². The van der Waals surface area contributed by atoms with E-state index < -0.39 is 6.04 Å². The first kappa shape index (κ1) is 18.7. The molecule has 0 fully saturated rings. The molecule has 1 heterocycles. The fourth-order valence-corrected chi connectivity index (χ4v) is 3.33. The van der Waals surface area contributed by atoms with Crippen LogP contribution in [0.4, 0.5) is 0 Å². The van der Waals surface area contributed by atoms with E-state index in [0.29, 0.717) is 12.8 Å². The molecule has 0 saturated heterocycles. The van der Waals surface area contributed by atoms with E-state index in [9.17, 15) is 9.59 Å². The second-order valence-electron chi connectivity index (χ2n) is 6.92. The fourth-order valence-electron chi connectivity index (χ4n) is 3.33. The highest BCUT2D eigenvalue weighted by Gasteiger charge is 2.21. The second kappa shape index (κ2) is 8.54. The van der Waals surface area contributed by atoms with Crippen LogP contribution in [0.5, 0.6) is 0 Å². The second-order valence-corrected chi connectivity index (χ2v) is 6.92. The Bertz CT molecular complexity index is 917. The van der Waals surface area contributed by atoms with Gasteiger partial charge >= 0.3 is 0 Å². The molecule has 0 aliphatic heterocycles. The topological polar surface area (TPSA) is 74.0 Å². The van der Waals surface area contributed by atoms with Crippen molar-refractivity contribution < 1.29 is 9.59 Å². The zero-order valence-corrected chi connectivity index (χ0v) is 15.7. The van der Waals surface area contributed by atoms with Crippen molar-refractivity contribution in [3.63, 3.8) is 0 Å². The van der Waals surface area contributed by atoms with Gasteiger partial charge < -0.3 is 15.6 Å². The highest BCUT2D eigenvalue weighted by molar-refractivity contribution is 5.87. The highest BCUT2D eigenvalue weighted by Crippen LogP contribution is 2.19. The van der Waals surface area contributed by atoms with E-state index in [4.69, 9.17) is 0 Å². The van der Waals surface area contributed by atoms with Gasteiger partial charge in [-0.3, -0.25) is 9.59 Å². The summed E-state index contributed by atoms with van der Waals surface area (Å²) in [6, 6.07) is 17.2. The molecule has 0 radical (unpaired) electrons. The average Bonchev–Trinajstić information content (AvgIpc) is 3.04. The van der Waals surface area contributed by atoms with Crippen LogP contribution in [0.1, 0.15) is 25.0 Å². The molecule has 0 spiro atoms. The molecule has 3 aromatic rings. The summed E-state index contributed by atoms with van der Waals surface area (Å²) in [5.41, 5.74) is 3.26. The Hall–Kier alpha value is -3.08. The first-order chi connectivity index (χ1) is 13.0. The maximum Gasteiger partial charge on any atom is 0.243 e. The van der Waals surface area contributed by atoms with Gasteiger partial charge in [0.05, 0.1) is 0 Å². The van der Waals surface area contributed by atoms with Crippen molar-refractivity contribution in [2.24, 2.45) is 0 Å². The number of rotatable bonds is 7. The highest BCUT2D eigenvalue weighted by atomic mass is 16.2. The maximum absolute atomic E-state index is 12.8. The third-order valence-electron chi connectivity index (χ3n) is 4.57. The van der Waals surface area contributed by atoms with E-state index in [0.717, 1.165) is 16.6 Å². The molecule has 27 heavy (non-hydrogen) atoms. The lowest BCUT2D eigenvalue weighted by Gasteiger charge is -2.21. The summed E-state index contributed by atoms with van der Waals surface area (Å²) >= 11 is 0. The van der Waals surface area contributed by atoms with E-state index in [2.05, 4.69) is 21.7 Å². The molecule has 0 saturated carbocycles. The molecule has 0 unspecified atom stereocenters. The molecule has 5 heteroatoms. The van der Waals surface area contributed by atoms with Crippen LogP contribution in [0, 0.1) is 0 Å². The fraction of sp³-hybridized carbons (Fsp3) is 0.273. The van der Waals surface area contributed by atoms with Gasteiger partial charge in [-0.05, 0) is 30.5 Å². The van der Waals surface area contributed by atoms with Crippen LogP contribution >= 0.6 is 0 Å². The number of hydrogen-bond acceptors (Lipinski definition) is 2. The third kappa shape index (κ3) is 4.97. The van der Waals surface area contributed by atoms with Crippen molar-refractivity contribution in [2.75, 3.05) is 0 Å². The van der Waals surface area contributed by atoms with E-state index in [-0.39, 0.29) is 17.9 Å². The summed E-state index contributed by atoms with van der Waals surface area (Å²) in [5, 5.41) is 6.97. The Morgan fingerprint density at radius 3 is 2.41 bits per heavy atom. The average molecular weight is 363 g/mol. The summed E-state index contributed by atoms with van der Waals surface area (Å²) in [5.74, 6) is -0.378. The van der Waals surface area contributed by atoms with Crippen LogP contribution in [0.15, 0.2) is 60.8 Å². The minimum absolute atomic E-state index is 0.0521. The molecular weight excluding hydrogens is 338 g/mol. The summed E-state index contributed by atoms with van der Waals surface area (Å²) in [7, 11) is 0. The van der Waals surface area contributed by atoms with Crippen LogP contribution in [-0.2, 0) is 22.4 Å². The zero-order chi connectivity index (χ0) is 19.2.